The number of phenolic OH excluding ortho intramolecular Hbond substituents is 1. The number of rotatable bonds is 8. The lowest BCUT2D eigenvalue weighted by molar-refractivity contribution is -0.432. The number of nitrogens with zero attached hydrogens (tertiary/aromatic N) is 3. The predicted octanol–water partition coefficient (Wildman–Crippen LogP) is 6.28. The van der Waals surface area contributed by atoms with Gasteiger partial charge in [-0.1, -0.05) is 5.04 Å². The van der Waals surface area contributed by atoms with E-state index in [4.69, 9.17) is 9.99 Å². The second-order valence-electron chi connectivity index (χ2n) is 5.74. The summed E-state index contributed by atoms with van der Waals surface area (Å²) < 4.78 is 9.83. The average Bonchev–Trinajstić information content (AvgIpc) is 2.73. The molecule has 9 heteroatoms. The van der Waals surface area contributed by atoms with Gasteiger partial charge in [0.1, 0.15) is 11.5 Å². The second kappa shape index (κ2) is 10.3. The minimum atomic E-state index is 0.199. The van der Waals surface area contributed by atoms with Gasteiger partial charge >= 0.3 is 0 Å². The lowest BCUT2D eigenvalue weighted by Gasteiger charge is -2.01. The summed E-state index contributed by atoms with van der Waals surface area (Å²) in [4.78, 5) is 4.94. The fraction of sp³-hybridized carbons (Fsp3) is 0.0500. The highest BCUT2D eigenvalue weighted by molar-refractivity contribution is 7.94. The van der Waals surface area contributed by atoms with E-state index in [-0.39, 0.29) is 5.75 Å². The second-order valence-corrected chi connectivity index (χ2v) is 6.51. The van der Waals surface area contributed by atoms with Crippen molar-refractivity contribution in [1.29, 1.82) is 0 Å². The van der Waals surface area contributed by atoms with E-state index in [0.29, 0.717) is 22.8 Å². The number of hydrogen-bond donors (Lipinski definition) is 2. The quantitative estimate of drug-likeness (QED) is 0.113. The van der Waals surface area contributed by atoms with Crippen LogP contribution in [0.25, 0.3) is 0 Å². The van der Waals surface area contributed by atoms with E-state index in [0.717, 1.165) is 22.5 Å². The number of aromatic hydroxyl groups is 1. The maximum Gasteiger partial charge on any atom is 0.181 e. The molecule has 0 aliphatic carbocycles. The standard InChI is InChI=1S/C20H17N3O5S/c1-14-12-17(24)6-11-20(14)23-22-16-2-7-18(8-3-16)26-13-21-15-4-9-19(10-5-15)29-28-27-25/h2-13,24-25H,1H3. The van der Waals surface area contributed by atoms with Crippen molar-refractivity contribution in [3.63, 3.8) is 0 Å². The zero-order valence-corrected chi connectivity index (χ0v) is 16.1. The molecule has 0 bridgehead atoms. The minimum Gasteiger partial charge on any atom is -0.508 e. The molecule has 0 aliphatic heterocycles. The number of hydrogen-bond acceptors (Lipinski definition) is 9. The van der Waals surface area contributed by atoms with Crippen LogP contribution in [0.2, 0.25) is 0 Å². The molecule has 0 spiro atoms. The van der Waals surface area contributed by atoms with E-state index >= 15 is 0 Å². The van der Waals surface area contributed by atoms with Crippen LogP contribution in [0, 0.1) is 6.92 Å². The number of benzene rings is 3. The molecule has 3 rings (SSSR count). The van der Waals surface area contributed by atoms with Gasteiger partial charge in [0.25, 0.3) is 0 Å². The van der Waals surface area contributed by atoms with Gasteiger partial charge in [0.15, 0.2) is 6.40 Å². The Bertz CT molecular complexity index is 992. The molecule has 0 radical (unpaired) electrons. The van der Waals surface area contributed by atoms with Crippen molar-refractivity contribution in [3.05, 3.63) is 72.3 Å². The SMILES string of the molecule is Cc1cc(O)ccc1N=Nc1ccc(OC=Nc2ccc(SOOO)cc2)cc1. The van der Waals surface area contributed by atoms with E-state index < -0.39 is 0 Å². The molecule has 8 nitrogen and oxygen atoms in total. The van der Waals surface area contributed by atoms with Crippen LogP contribution in [0.1, 0.15) is 5.56 Å². The van der Waals surface area contributed by atoms with Crippen LogP contribution >= 0.6 is 12.0 Å². The molecule has 0 atom stereocenters. The third-order valence-electron chi connectivity index (χ3n) is 3.68. The molecule has 29 heavy (non-hydrogen) atoms. The Hall–Kier alpha value is -3.24. The fourth-order valence-electron chi connectivity index (χ4n) is 2.25. The molecular weight excluding hydrogens is 394 g/mol. The zero-order chi connectivity index (χ0) is 20.5. The van der Waals surface area contributed by atoms with Gasteiger partial charge in [-0.15, -0.1) is 4.33 Å². The maximum absolute atomic E-state index is 9.42. The van der Waals surface area contributed by atoms with Crippen molar-refractivity contribution < 1.29 is 24.5 Å². The summed E-state index contributed by atoms with van der Waals surface area (Å²) in [7, 11) is 0. The van der Waals surface area contributed by atoms with Gasteiger partial charge in [-0.2, -0.15) is 10.2 Å². The third-order valence-corrected chi connectivity index (χ3v) is 4.27. The molecule has 0 unspecified atom stereocenters. The van der Waals surface area contributed by atoms with Crippen LogP contribution in [-0.4, -0.2) is 16.8 Å². The molecule has 0 heterocycles. The lowest BCUT2D eigenvalue weighted by Crippen LogP contribution is -1.88. The molecule has 0 saturated heterocycles. The van der Waals surface area contributed by atoms with Crippen molar-refractivity contribution >= 4 is 35.5 Å². The van der Waals surface area contributed by atoms with Crippen molar-refractivity contribution in [3.8, 4) is 11.5 Å². The molecule has 2 N–H and O–H groups in total. The van der Waals surface area contributed by atoms with Gasteiger partial charge in [-0.25, -0.2) is 10.2 Å². The Morgan fingerprint density at radius 2 is 1.62 bits per heavy atom. The predicted molar refractivity (Wildman–Crippen MR) is 109 cm³/mol. The summed E-state index contributed by atoms with van der Waals surface area (Å²) in [5, 5.41) is 29.5. The number of aryl methyl sites for hydroxylation is 1. The third kappa shape index (κ3) is 6.40. The van der Waals surface area contributed by atoms with Crippen LogP contribution in [0.4, 0.5) is 17.1 Å². The van der Waals surface area contributed by atoms with Gasteiger partial charge in [0.2, 0.25) is 0 Å². The van der Waals surface area contributed by atoms with Crippen LogP contribution in [-0.2, 0) is 9.37 Å². The van der Waals surface area contributed by atoms with Crippen molar-refractivity contribution in [2.45, 2.75) is 11.8 Å². The molecule has 0 aromatic heterocycles. The maximum atomic E-state index is 9.42. The monoisotopic (exact) mass is 411 g/mol. The van der Waals surface area contributed by atoms with Gasteiger partial charge in [-0.3, -0.25) is 0 Å². The van der Waals surface area contributed by atoms with Gasteiger partial charge in [0, 0.05) is 4.90 Å². The Morgan fingerprint density at radius 3 is 2.31 bits per heavy atom. The Kier molecular flexibility index (Phi) is 7.31. The first-order chi connectivity index (χ1) is 14.1. The molecule has 0 amide bonds. The highest BCUT2D eigenvalue weighted by Gasteiger charge is 1.99. The topological polar surface area (TPSA) is 105 Å². The fourth-order valence-corrected chi connectivity index (χ4v) is 2.60. The summed E-state index contributed by atoms with van der Waals surface area (Å²) in [6.45, 7) is 1.86. The minimum absolute atomic E-state index is 0.199. The van der Waals surface area contributed by atoms with E-state index in [2.05, 4.69) is 24.6 Å². The summed E-state index contributed by atoms with van der Waals surface area (Å²) in [6, 6.07) is 19.0. The normalized spacial score (nSPS) is 11.4. The largest absolute Gasteiger partial charge is 0.508 e. The highest BCUT2D eigenvalue weighted by Crippen LogP contribution is 2.26. The van der Waals surface area contributed by atoms with Crippen molar-refractivity contribution in [2.24, 2.45) is 15.2 Å². The molecule has 0 fully saturated rings. The first-order valence-electron chi connectivity index (χ1n) is 8.39. The van der Waals surface area contributed by atoms with Crippen molar-refractivity contribution in [2.75, 3.05) is 0 Å². The molecule has 3 aromatic carbocycles. The summed E-state index contributed by atoms with van der Waals surface area (Å²) in [5.74, 6) is 0.805. The van der Waals surface area contributed by atoms with Gasteiger partial charge < -0.3 is 9.84 Å². The van der Waals surface area contributed by atoms with E-state index in [1.807, 2.05) is 6.92 Å². The molecule has 0 aliphatic rings. The van der Waals surface area contributed by atoms with Gasteiger partial charge in [-0.05, 0) is 79.2 Å². The molecule has 3 aromatic rings. The molecule has 148 valence electrons. The number of aliphatic imine (C=N–C) groups is 1. The van der Waals surface area contributed by atoms with E-state index in [9.17, 15) is 5.11 Å². The molecule has 0 saturated carbocycles. The van der Waals surface area contributed by atoms with Crippen LogP contribution in [0.5, 0.6) is 11.5 Å². The number of ether oxygens (including phenoxy) is 1. The van der Waals surface area contributed by atoms with E-state index in [1.54, 1.807) is 66.7 Å². The first kappa shape index (κ1) is 20.5. The van der Waals surface area contributed by atoms with E-state index in [1.165, 1.54) is 6.40 Å². The Morgan fingerprint density at radius 1 is 0.897 bits per heavy atom. The summed E-state index contributed by atoms with van der Waals surface area (Å²) in [6.07, 6.45) is 1.34. The smallest absolute Gasteiger partial charge is 0.181 e. The van der Waals surface area contributed by atoms with Gasteiger partial charge in [0.05, 0.1) is 29.1 Å². The Labute approximate surface area is 171 Å². The van der Waals surface area contributed by atoms with Crippen LogP contribution in [0.3, 0.4) is 0 Å². The van der Waals surface area contributed by atoms with Crippen LogP contribution in [0.15, 0.2) is 86.8 Å². The Balaban J connectivity index is 1.55. The summed E-state index contributed by atoms with van der Waals surface area (Å²) in [5.41, 5.74) is 2.89. The molecular formula is C20H17N3O5S. The average molecular weight is 411 g/mol. The zero-order valence-electron chi connectivity index (χ0n) is 15.3. The summed E-state index contributed by atoms with van der Waals surface area (Å²) >= 11 is 0.872. The first-order valence-corrected chi connectivity index (χ1v) is 9.13. The number of phenols is 1. The van der Waals surface area contributed by atoms with Crippen LogP contribution < -0.4 is 4.74 Å². The number of azo groups is 1. The lowest BCUT2D eigenvalue weighted by atomic mass is 10.2. The van der Waals surface area contributed by atoms with Crippen molar-refractivity contribution in [1.82, 2.24) is 0 Å². The highest BCUT2D eigenvalue weighted by atomic mass is 32.2.